The van der Waals surface area contributed by atoms with Gasteiger partial charge in [0, 0.05) is 24.2 Å². The molecule has 1 aliphatic rings. The number of carboxylic acids is 1. The fourth-order valence-electron chi connectivity index (χ4n) is 3.95. The smallest absolute Gasteiger partial charge is 0.335 e. The van der Waals surface area contributed by atoms with Gasteiger partial charge in [-0.1, -0.05) is 12.1 Å². The van der Waals surface area contributed by atoms with Gasteiger partial charge >= 0.3 is 5.97 Å². The summed E-state index contributed by atoms with van der Waals surface area (Å²) < 4.78 is 14.0. The van der Waals surface area contributed by atoms with Crippen molar-refractivity contribution in [2.75, 3.05) is 5.32 Å². The number of nitrogens with zero attached hydrogens (tertiary/aromatic N) is 1. The van der Waals surface area contributed by atoms with E-state index in [1.807, 2.05) is 12.1 Å². The van der Waals surface area contributed by atoms with Crippen molar-refractivity contribution in [2.45, 2.75) is 13.1 Å². The lowest BCUT2D eigenvalue weighted by Gasteiger charge is -2.13. The summed E-state index contributed by atoms with van der Waals surface area (Å²) in [5.41, 5.74) is 5.32. The molecule has 1 aromatic heterocycles. The number of aromatic nitrogens is 2. The fraction of sp³-hybridized carbons (Fsp3) is 0.0870. The maximum atomic E-state index is 14.0. The molecule has 0 unspecified atom stereocenters. The van der Waals surface area contributed by atoms with Crippen LogP contribution >= 0.6 is 0 Å². The number of benzene rings is 3. The van der Waals surface area contributed by atoms with Crippen LogP contribution in [0.1, 0.15) is 31.8 Å². The van der Waals surface area contributed by atoms with Crippen LogP contribution in [0.2, 0.25) is 0 Å². The van der Waals surface area contributed by atoms with Crippen molar-refractivity contribution < 1.29 is 19.1 Å². The minimum absolute atomic E-state index is 0.190. The number of hydrogen-bond donors (Lipinski definition) is 4. The Bertz CT molecular complexity index is 1350. The molecule has 8 heteroatoms. The summed E-state index contributed by atoms with van der Waals surface area (Å²) in [5.74, 6) is -1.96. The third-order valence-electron chi connectivity index (χ3n) is 5.43. The van der Waals surface area contributed by atoms with E-state index in [0.29, 0.717) is 29.7 Å². The van der Waals surface area contributed by atoms with E-state index in [4.69, 9.17) is 5.11 Å². The second-order valence-electron chi connectivity index (χ2n) is 7.39. The maximum absolute atomic E-state index is 14.0. The Hall–Kier alpha value is -4.04. The van der Waals surface area contributed by atoms with Gasteiger partial charge in [-0.2, -0.15) is 5.10 Å². The number of aromatic amines is 1. The normalized spacial score (nSPS) is 12.7. The quantitative estimate of drug-likeness (QED) is 0.403. The monoisotopic (exact) mass is 416 g/mol. The molecule has 0 aliphatic carbocycles. The number of nitrogens with one attached hydrogen (secondary N) is 3. The molecule has 154 valence electrons. The van der Waals surface area contributed by atoms with E-state index in [1.54, 1.807) is 24.3 Å². The lowest BCUT2D eigenvalue weighted by molar-refractivity contribution is 0.0696. The predicted molar refractivity (Wildman–Crippen MR) is 113 cm³/mol. The minimum atomic E-state index is -0.986. The molecule has 0 atom stereocenters. The summed E-state index contributed by atoms with van der Waals surface area (Å²) in [5, 5.41) is 22.4. The Kier molecular flexibility index (Phi) is 4.48. The highest BCUT2D eigenvalue weighted by atomic mass is 19.1. The molecule has 0 saturated heterocycles. The molecule has 5 rings (SSSR count). The minimum Gasteiger partial charge on any atom is -0.478 e. The maximum Gasteiger partial charge on any atom is 0.335 e. The zero-order valence-corrected chi connectivity index (χ0v) is 16.2. The molecule has 0 radical (unpaired) electrons. The molecule has 3 aromatic carbocycles. The van der Waals surface area contributed by atoms with Crippen molar-refractivity contribution >= 4 is 28.5 Å². The molecule has 0 saturated carbocycles. The lowest BCUT2D eigenvalue weighted by Crippen LogP contribution is -2.13. The van der Waals surface area contributed by atoms with Crippen LogP contribution < -0.4 is 10.6 Å². The first-order chi connectivity index (χ1) is 15.0. The Morgan fingerprint density at radius 3 is 2.65 bits per heavy atom. The highest BCUT2D eigenvalue weighted by Crippen LogP contribution is 2.33. The number of rotatable bonds is 4. The van der Waals surface area contributed by atoms with Crippen molar-refractivity contribution in [3.63, 3.8) is 0 Å². The topological polar surface area (TPSA) is 107 Å². The average Bonchev–Trinajstić information content (AvgIpc) is 3.41. The van der Waals surface area contributed by atoms with Gasteiger partial charge in [0.25, 0.3) is 5.91 Å². The van der Waals surface area contributed by atoms with Crippen LogP contribution in [0.5, 0.6) is 0 Å². The third kappa shape index (κ3) is 3.43. The van der Waals surface area contributed by atoms with Gasteiger partial charge in [0.2, 0.25) is 0 Å². The highest BCUT2D eigenvalue weighted by molar-refractivity contribution is 6.12. The van der Waals surface area contributed by atoms with Crippen molar-refractivity contribution in [1.82, 2.24) is 15.5 Å². The molecule has 0 spiro atoms. The van der Waals surface area contributed by atoms with Crippen LogP contribution in [0.3, 0.4) is 0 Å². The number of anilines is 1. The lowest BCUT2D eigenvalue weighted by atomic mass is 9.95. The number of hydrogen-bond acceptors (Lipinski definition) is 4. The molecule has 0 bridgehead atoms. The number of carbonyl (C=O) groups is 2. The number of H-pyrrole nitrogens is 1. The highest BCUT2D eigenvalue weighted by Gasteiger charge is 2.19. The average molecular weight is 416 g/mol. The van der Waals surface area contributed by atoms with Crippen LogP contribution in [0.25, 0.3) is 22.0 Å². The van der Waals surface area contributed by atoms with Gasteiger partial charge in [0.1, 0.15) is 5.82 Å². The van der Waals surface area contributed by atoms with Crippen LogP contribution in [0.15, 0.2) is 54.7 Å². The van der Waals surface area contributed by atoms with Gasteiger partial charge in [-0.25, -0.2) is 9.18 Å². The van der Waals surface area contributed by atoms with Crippen LogP contribution in [-0.2, 0) is 13.1 Å². The Balaban J connectivity index is 1.53. The standard InChI is InChI=1S/C23H17FN4O3/c24-15-6-18(20-11-26-28-21(20)7-15)22(29)27-16-5-14-9-25-10-19(14)17(8-16)12-1-3-13(4-2-12)23(30)31/h1-8,11,25H,9-10H2,(H,26,28)(H,27,29)(H,30,31). The molecular formula is C23H17FN4O3. The molecule has 1 aliphatic heterocycles. The molecule has 7 nitrogen and oxygen atoms in total. The first-order valence-electron chi connectivity index (χ1n) is 9.64. The summed E-state index contributed by atoms with van der Waals surface area (Å²) in [6.45, 7) is 1.34. The summed E-state index contributed by atoms with van der Waals surface area (Å²) in [7, 11) is 0. The summed E-state index contributed by atoms with van der Waals surface area (Å²) in [6, 6.07) is 12.8. The van der Waals surface area contributed by atoms with E-state index in [-0.39, 0.29) is 11.1 Å². The number of fused-ring (bicyclic) bond motifs is 2. The van der Waals surface area contributed by atoms with E-state index in [0.717, 1.165) is 22.3 Å². The van der Waals surface area contributed by atoms with Crippen molar-refractivity contribution in [3.05, 3.63) is 82.8 Å². The predicted octanol–water partition coefficient (Wildman–Crippen LogP) is 3.92. The van der Waals surface area contributed by atoms with E-state index in [2.05, 4.69) is 20.8 Å². The van der Waals surface area contributed by atoms with Gasteiger partial charge < -0.3 is 15.7 Å². The van der Waals surface area contributed by atoms with E-state index in [9.17, 15) is 14.0 Å². The first kappa shape index (κ1) is 19.0. The van der Waals surface area contributed by atoms with Crippen LogP contribution in [-0.4, -0.2) is 27.2 Å². The number of carboxylic acid groups (broad SMARTS) is 1. The zero-order chi connectivity index (χ0) is 21.5. The van der Waals surface area contributed by atoms with Crippen molar-refractivity contribution in [3.8, 4) is 11.1 Å². The van der Waals surface area contributed by atoms with Gasteiger partial charge in [0.05, 0.1) is 22.8 Å². The largest absolute Gasteiger partial charge is 0.478 e. The second kappa shape index (κ2) is 7.33. The van der Waals surface area contributed by atoms with Gasteiger partial charge in [0.15, 0.2) is 0 Å². The van der Waals surface area contributed by atoms with E-state index in [1.165, 1.54) is 18.3 Å². The third-order valence-corrected chi connectivity index (χ3v) is 5.43. The first-order valence-corrected chi connectivity index (χ1v) is 9.64. The zero-order valence-electron chi connectivity index (χ0n) is 16.2. The number of carbonyl (C=O) groups excluding carboxylic acids is 1. The Morgan fingerprint density at radius 1 is 1.06 bits per heavy atom. The number of amides is 1. The van der Waals surface area contributed by atoms with Gasteiger partial charge in [-0.3, -0.25) is 9.89 Å². The summed E-state index contributed by atoms with van der Waals surface area (Å²) in [6.07, 6.45) is 1.49. The molecule has 2 heterocycles. The van der Waals surface area contributed by atoms with Crippen molar-refractivity contribution in [2.24, 2.45) is 0 Å². The van der Waals surface area contributed by atoms with E-state index < -0.39 is 17.7 Å². The van der Waals surface area contributed by atoms with Crippen LogP contribution in [0, 0.1) is 5.82 Å². The molecule has 31 heavy (non-hydrogen) atoms. The van der Waals surface area contributed by atoms with E-state index >= 15 is 0 Å². The van der Waals surface area contributed by atoms with Crippen LogP contribution in [0.4, 0.5) is 10.1 Å². The summed E-state index contributed by atoms with van der Waals surface area (Å²) >= 11 is 0. The van der Waals surface area contributed by atoms with Gasteiger partial charge in [-0.15, -0.1) is 0 Å². The fourth-order valence-corrected chi connectivity index (χ4v) is 3.95. The molecule has 1 amide bonds. The number of halogens is 1. The Labute approximate surface area is 175 Å². The molecule has 4 aromatic rings. The van der Waals surface area contributed by atoms with Gasteiger partial charge in [-0.05, 0) is 58.7 Å². The number of aromatic carboxylic acids is 1. The molecular weight excluding hydrogens is 399 g/mol. The second-order valence-corrected chi connectivity index (χ2v) is 7.39. The molecule has 0 fully saturated rings. The summed E-state index contributed by atoms with van der Waals surface area (Å²) in [4.78, 5) is 24.1. The SMILES string of the molecule is O=C(O)c1ccc(-c2cc(NC(=O)c3cc(F)cc4[nH]ncc34)cc3c2CNC3)cc1. The molecule has 4 N–H and O–H groups in total. The Morgan fingerprint density at radius 2 is 1.87 bits per heavy atom. The van der Waals surface area contributed by atoms with Crippen molar-refractivity contribution in [1.29, 1.82) is 0 Å².